The maximum Gasteiger partial charge on any atom is 0.233 e. The van der Waals surface area contributed by atoms with Gasteiger partial charge in [-0.2, -0.15) is 0 Å². The Morgan fingerprint density at radius 1 is 1.05 bits per heavy atom. The molecule has 2 amide bonds. The first-order valence-corrected chi connectivity index (χ1v) is 7.39. The summed E-state index contributed by atoms with van der Waals surface area (Å²) in [5.41, 5.74) is 1.02. The highest BCUT2D eigenvalue weighted by Crippen LogP contribution is 2.36. The Kier molecular flexibility index (Phi) is 3.88. The molecule has 0 radical (unpaired) electrons. The van der Waals surface area contributed by atoms with Crippen LogP contribution in [0.5, 0.6) is 0 Å². The molecule has 1 aromatic rings. The second kappa shape index (κ2) is 5.82. The first kappa shape index (κ1) is 14.0. The first-order chi connectivity index (χ1) is 10.2. The molecular formula is C17H19NO3. The van der Waals surface area contributed by atoms with Gasteiger partial charge in [-0.3, -0.25) is 14.5 Å². The lowest BCUT2D eigenvalue weighted by molar-refractivity contribution is -0.143. The van der Waals surface area contributed by atoms with Gasteiger partial charge in [0.2, 0.25) is 11.8 Å². The Balaban J connectivity index is 1.81. The number of aliphatic hydroxyl groups is 1. The van der Waals surface area contributed by atoms with E-state index in [-0.39, 0.29) is 30.3 Å². The summed E-state index contributed by atoms with van der Waals surface area (Å²) >= 11 is 0. The summed E-state index contributed by atoms with van der Waals surface area (Å²) in [5.74, 6) is -0.701. The van der Waals surface area contributed by atoms with Gasteiger partial charge in [-0.05, 0) is 24.8 Å². The zero-order valence-corrected chi connectivity index (χ0v) is 11.8. The van der Waals surface area contributed by atoms with E-state index in [1.54, 1.807) is 0 Å². The lowest BCUT2D eigenvalue weighted by Gasteiger charge is -2.25. The molecule has 1 N–H and O–H groups in total. The highest BCUT2D eigenvalue weighted by molar-refractivity contribution is 6.05. The summed E-state index contributed by atoms with van der Waals surface area (Å²) in [6.45, 7) is -0.195. The average Bonchev–Trinajstić information content (AvgIpc) is 2.78. The average molecular weight is 285 g/mol. The van der Waals surface area contributed by atoms with E-state index in [0.29, 0.717) is 19.3 Å². The number of aliphatic hydroxyl groups excluding tert-OH is 1. The third kappa shape index (κ3) is 2.51. The van der Waals surface area contributed by atoms with Crippen LogP contribution in [-0.2, 0) is 16.0 Å². The summed E-state index contributed by atoms with van der Waals surface area (Å²) in [7, 11) is 0. The van der Waals surface area contributed by atoms with Crippen LogP contribution in [0.25, 0.3) is 0 Å². The number of hydrogen-bond acceptors (Lipinski definition) is 3. The molecule has 0 bridgehead atoms. The molecule has 3 rings (SSSR count). The predicted molar refractivity (Wildman–Crippen MR) is 78.2 cm³/mol. The van der Waals surface area contributed by atoms with Crippen LogP contribution in [0.2, 0.25) is 0 Å². The molecule has 1 aliphatic carbocycles. The minimum atomic E-state index is -0.460. The van der Waals surface area contributed by atoms with E-state index in [1.807, 2.05) is 42.5 Å². The molecule has 4 heteroatoms. The van der Waals surface area contributed by atoms with Gasteiger partial charge in [-0.1, -0.05) is 42.5 Å². The second-order valence-corrected chi connectivity index (χ2v) is 5.73. The maximum atomic E-state index is 12.5. The van der Waals surface area contributed by atoms with Crippen LogP contribution in [0.4, 0.5) is 0 Å². The number of allylic oxidation sites excluding steroid dienone is 2. The Morgan fingerprint density at radius 2 is 1.62 bits per heavy atom. The van der Waals surface area contributed by atoms with Crippen molar-refractivity contribution in [2.24, 2.45) is 11.8 Å². The van der Waals surface area contributed by atoms with Gasteiger partial charge in [-0.15, -0.1) is 0 Å². The van der Waals surface area contributed by atoms with E-state index in [1.165, 1.54) is 4.90 Å². The van der Waals surface area contributed by atoms with Gasteiger partial charge in [0.1, 0.15) is 0 Å². The molecule has 1 heterocycles. The van der Waals surface area contributed by atoms with Crippen LogP contribution < -0.4 is 0 Å². The van der Waals surface area contributed by atoms with Crippen molar-refractivity contribution in [3.8, 4) is 0 Å². The highest BCUT2D eigenvalue weighted by Gasteiger charge is 2.49. The number of carbonyl (C=O) groups is 2. The van der Waals surface area contributed by atoms with Crippen molar-refractivity contribution in [1.82, 2.24) is 4.90 Å². The number of hydrogen-bond donors (Lipinski definition) is 1. The highest BCUT2D eigenvalue weighted by atomic mass is 16.3. The van der Waals surface area contributed by atoms with Gasteiger partial charge in [0.15, 0.2) is 0 Å². The van der Waals surface area contributed by atoms with Gasteiger partial charge < -0.3 is 5.11 Å². The topological polar surface area (TPSA) is 57.6 Å². The largest absolute Gasteiger partial charge is 0.394 e. The fourth-order valence-electron chi connectivity index (χ4n) is 3.31. The first-order valence-electron chi connectivity index (χ1n) is 7.39. The van der Waals surface area contributed by atoms with E-state index in [0.717, 1.165) is 5.56 Å². The van der Waals surface area contributed by atoms with Crippen LogP contribution in [0.1, 0.15) is 18.4 Å². The molecule has 1 fully saturated rings. The van der Waals surface area contributed by atoms with E-state index in [9.17, 15) is 14.7 Å². The molecule has 4 nitrogen and oxygen atoms in total. The molecule has 110 valence electrons. The van der Waals surface area contributed by atoms with Crippen molar-refractivity contribution in [3.63, 3.8) is 0 Å². The Labute approximate surface area is 124 Å². The fourth-order valence-corrected chi connectivity index (χ4v) is 3.31. The predicted octanol–water partition coefficient (Wildman–Crippen LogP) is 1.54. The zero-order valence-electron chi connectivity index (χ0n) is 11.8. The SMILES string of the molecule is O=C1C2CC=CCC2C(=O)N1C(CO)Cc1ccccc1. The van der Waals surface area contributed by atoms with Crippen LogP contribution >= 0.6 is 0 Å². The van der Waals surface area contributed by atoms with Gasteiger partial charge in [0, 0.05) is 0 Å². The number of amides is 2. The lowest BCUT2D eigenvalue weighted by Crippen LogP contribution is -2.44. The number of benzene rings is 1. The molecule has 3 atom stereocenters. The van der Waals surface area contributed by atoms with Crippen LogP contribution in [0, 0.1) is 11.8 Å². The lowest BCUT2D eigenvalue weighted by atomic mass is 9.85. The molecule has 1 saturated heterocycles. The molecule has 3 unspecified atom stereocenters. The van der Waals surface area contributed by atoms with E-state index in [4.69, 9.17) is 0 Å². The Bertz CT molecular complexity index is 541. The minimum Gasteiger partial charge on any atom is -0.394 e. The Morgan fingerprint density at radius 3 is 2.14 bits per heavy atom. The van der Waals surface area contributed by atoms with Crippen molar-refractivity contribution < 1.29 is 14.7 Å². The van der Waals surface area contributed by atoms with E-state index in [2.05, 4.69) is 0 Å². The summed E-state index contributed by atoms with van der Waals surface area (Å²) in [6, 6.07) is 9.19. The zero-order chi connectivity index (χ0) is 14.8. The van der Waals surface area contributed by atoms with Crippen LogP contribution in [-0.4, -0.2) is 34.5 Å². The monoisotopic (exact) mass is 285 g/mol. The van der Waals surface area contributed by atoms with Crippen LogP contribution in [0.3, 0.4) is 0 Å². The molecule has 0 aromatic heterocycles. The normalized spacial score (nSPS) is 26.0. The molecule has 21 heavy (non-hydrogen) atoms. The van der Waals surface area contributed by atoms with Gasteiger partial charge in [0.25, 0.3) is 0 Å². The summed E-state index contributed by atoms with van der Waals surface area (Å²) < 4.78 is 0. The molecule has 2 aliphatic rings. The van der Waals surface area contributed by atoms with E-state index < -0.39 is 6.04 Å². The fraction of sp³-hybridized carbons (Fsp3) is 0.412. The summed E-state index contributed by atoms with van der Waals surface area (Å²) in [6.07, 6.45) is 5.72. The third-order valence-corrected chi connectivity index (χ3v) is 4.43. The smallest absolute Gasteiger partial charge is 0.233 e. The van der Waals surface area contributed by atoms with Crippen molar-refractivity contribution in [1.29, 1.82) is 0 Å². The van der Waals surface area contributed by atoms with E-state index >= 15 is 0 Å². The quantitative estimate of drug-likeness (QED) is 0.674. The minimum absolute atomic E-state index is 0.121. The Hall–Kier alpha value is -1.94. The number of rotatable bonds is 4. The van der Waals surface area contributed by atoms with Crippen molar-refractivity contribution in [3.05, 3.63) is 48.0 Å². The van der Waals surface area contributed by atoms with Crippen molar-refractivity contribution in [2.75, 3.05) is 6.61 Å². The van der Waals surface area contributed by atoms with Crippen LogP contribution in [0.15, 0.2) is 42.5 Å². The second-order valence-electron chi connectivity index (χ2n) is 5.73. The molecule has 1 aromatic carbocycles. The molecule has 0 spiro atoms. The van der Waals surface area contributed by atoms with Crippen molar-refractivity contribution in [2.45, 2.75) is 25.3 Å². The maximum absolute atomic E-state index is 12.5. The third-order valence-electron chi connectivity index (χ3n) is 4.43. The molecular weight excluding hydrogens is 266 g/mol. The summed E-state index contributed by atoms with van der Waals surface area (Å²) in [4.78, 5) is 26.3. The number of likely N-dealkylation sites (tertiary alicyclic amines) is 1. The number of nitrogens with zero attached hydrogens (tertiary/aromatic N) is 1. The van der Waals surface area contributed by atoms with Crippen molar-refractivity contribution >= 4 is 11.8 Å². The van der Waals surface area contributed by atoms with Gasteiger partial charge >= 0.3 is 0 Å². The standard InChI is InChI=1S/C17H19NO3/c19-11-13(10-12-6-2-1-3-7-12)18-16(20)14-8-4-5-9-15(14)17(18)21/h1-7,13-15,19H,8-11H2. The molecule has 1 aliphatic heterocycles. The van der Waals surface area contributed by atoms with Gasteiger partial charge in [-0.25, -0.2) is 0 Å². The van der Waals surface area contributed by atoms with Gasteiger partial charge in [0.05, 0.1) is 24.5 Å². The number of carbonyl (C=O) groups excluding carboxylic acids is 2. The number of fused-ring (bicyclic) bond motifs is 1. The summed E-state index contributed by atoms with van der Waals surface area (Å²) in [5, 5.41) is 9.66. The number of imide groups is 1. The molecule has 0 saturated carbocycles.